The van der Waals surface area contributed by atoms with E-state index >= 15 is 0 Å². The van der Waals surface area contributed by atoms with E-state index in [2.05, 4.69) is 24.9 Å². The topological polar surface area (TPSA) is 105 Å². The zero-order chi connectivity index (χ0) is 25.4. The van der Waals surface area contributed by atoms with Crippen LogP contribution in [0.5, 0.6) is 0 Å². The van der Waals surface area contributed by atoms with Crippen LogP contribution in [-0.4, -0.2) is 74.5 Å². The van der Waals surface area contributed by atoms with Crippen molar-refractivity contribution in [3.63, 3.8) is 0 Å². The summed E-state index contributed by atoms with van der Waals surface area (Å²) in [6.45, 7) is 5.25. The normalized spacial score (nSPS) is 19.3. The first kappa shape index (κ1) is 24.3. The number of benzene rings is 1. The molecule has 1 atom stereocenters. The second-order valence-corrected chi connectivity index (χ2v) is 11.5. The molecule has 2 saturated heterocycles. The van der Waals surface area contributed by atoms with E-state index in [1.807, 2.05) is 41.3 Å². The minimum atomic E-state index is 0.0768. The van der Waals surface area contributed by atoms with Crippen molar-refractivity contribution in [2.45, 2.75) is 32.0 Å². The van der Waals surface area contributed by atoms with Gasteiger partial charge in [-0.25, -0.2) is 9.97 Å². The van der Waals surface area contributed by atoms with E-state index in [1.165, 1.54) is 30.5 Å². The summed E-state index contributed by atoms with van der Waals surface area (Å²) in [5.41, 5.74) is 8.64. The molecule has 1 unspecified atom stereocenters. The van der Waals surface area contributed by atoms with Gasteiger partial charge < -0.3 is 20.1 Å². The molecule has 0 spiro atoms. The predicted molar refractivity (Wildman–Crippen MR) is 144 cm³/mol. The Morgan fingerprint density at radius 2 is 1.95 bits per heavy atom. The highest BCUT2D eigenvalue weighted by atomic mass is 35.5. The van der Waals surface area contributed by atoms with Crippen LogP contribution in [0.25, 0.3) is 21.5 Å². The molecule has 0 bridgehead atoms. The van der Waals surface area contributed by atoms with E-state index in [1.54, 1.807) is 0 Å². The van der Waals surface area contributed by atoms with Gasteiger partial charge in [-0.1, -0.05) is 22.8 Å². The first-order chi connectivity index (χ1) is 18.0. The molecule has 3 aromatic heterocycles. The molecule has 0 radical (unpaired) electrons. The standard InChI is InChI=1S/C26H28ClN7O2S/c27-24-6-5-23(37-24)22-10-18(31-36-22)12-33-14-19(13-32-7-1-2-8-32)34(25(35)15-33)11-17-3-4-20-21(9-17)29-16-30-26(20)28/h3-6,9-10,16,19H,1-2,7-8,11-15H2,(H2,28,29,30). The number of anilines is 1. The summed E-state index contributed by atoms with van der Waals surface area (Å²) in [6.07, 6.45) is 3.90. The molecule has 9 nitrogen and oxygen atoms in total. The molecule has 2 fully saturated rings. The van der Waals surface area contributed by atoms with Gasteiger partial charge in [0, 0.05) is 37.6 Å². The summed E-state index contributed by atoms with van der Waals surface area (Å²) in [6, 6.07) is 11.8. The summed E-state index contributed by atoms with van der Waals surface area (Å²) in [5, 5.41) is 5.09. The molecule has 1 amide bonds. The average molecular weight is 538 g/mol. The number of fused-ring (bicyclic) bond motifs is 1. The molecule has 0 aliphatic carbocycles. The van der Waals surface area contributed by atoms with Crippen molar-refractivity contribution in [3.05, 3.63) is 58.3 Å². The molecule has 0 saturated carbocycles. The lowest BCUT2D eigenvalue weighted by Gasteiger charge is -2.42. The Hall–Kier alpha value is -3.05. The Balaban J connectivity index is 1.19. The van der Waals surface area contributed by atoms with Gasteiger partial charge in [0.05, 0.1) is 33.0 Å². The highest BCUT2D eigenvalue weighted by Gasteiger charge is 2.34. The molecule has 1 aromatic carbocycles. The van der Waals surface area contributed by atoms with Gasteiger partial charge in [-0.2, -0.15) is 0 Å². The SMILES string of the molecule is Nc1ncnc2cc(CN3C(=O)CN(Cc4cc(-c5ccc(Cl)s5)on4)CC3CN3CCCC3)ccc12. The maximum Gasteiger partial charge on any atom is 0.237 e. The highest BCUT2D eigenvalue weighted by molar-refractivity contribution is 7.19. The largest absolute Gasteiger partial charge is 0.383 e. The Labute approximate surface area is 223 Å². The Bertz CT molecular complexity index is 1420. The second-order valence-electron chi connectivity index (χ2n) is 9.75. The van der Waals surface area contributed by atoms with Gasteiger partial charge in [0.2, 0.25) is 5.91 Å². The third kappa shape index (κ3) is 5.33. The smallest absolute Gasteiger partial charge is 0.237 e. The van der Waals surface area contributed by atoms with Gasteiger partial charge in [0.15, 0.2) is 5.76 Å². The summed E-state index contributed by atoms with van der Waals surface area (Å²) >= 11 is 7.53. The average Bonchev–Trinajstić information content (AvgIpc) is 3.64. The molecule has 37 heavy (non-hydrogen) atoms. The van der Waals surface area contributed by atoms with Crippen LogP contribution in [0, 0.1) is 0 Å². The van der Waals surface area contributed by atoms with Crippen molar-refractivity contribution >= 4 is 45.6 Å². The van der Waals surface area contributed by atoms with E-state index in [0.717, 1.165) is 53.2 Å². The minimum Gasteiger partial charge on any atom is -0.383 e. The molecule has 2 N–H and O–H groups in total. The van der Waals surface area contributed by atoms with Gasteiger partial charge in [0.1, 0.15) is 12.1 Å². The number of nitrogens with zero attached hydrogens (tertiary/aromatic N) is 6. The lowest BCUT2D eigenvalue weighted by atomic mass is 10.1. The molecule has 2 aliphatic rings. The highest BCUT2D eigenvalue weighted by Crippen LogP contribution is 2.32. The van der Waals surface area contributed by atoms with Crippen LogP contribution >= 0.6 is 22.9 Å². The summed E-state index contributed by atoms with van der Waals surface area (Å²) in [4.78, 5) is 29.6. The number of thiophene rings is 1. The van der Waals surface area contributed by atoms with E-state index < -0.39 is 0 Å². The summed E-state index contributed by atoms with van der Waals surface area (Å²) in [7, 11) is 0. The number of halogens is 1. The summed E-state index contributed by atoms with van der Waals surface area (Å²) < 4.78 is 6.27. The zero-order valence-corrected chi connectivity index (χ0v) is 21.9. The van der Waals surface area contributed by atoms with Crippen LogP contribution in [0.4, 0.5) is 5.82 Å². The van der Waals surface area contributed by atoms with Gasteiger partial charge in [-0.05, 0) is 55.8 Å². The quantitative estimate of drug-likeness (QED) is 0.378. The Kier molecular flexibility index (Phi) is 6.81. The monoisotopic (exact) mass is 537 g/mol. The minimum absolute atomic E-state index is 0.0768. The van der Waals surface area contributed by atoms with Crippen LogP contribution in [0.1, 0.15) is 24.1 Å². The number of rotatable bonds is 7. The van der Waals surface area contributed by atoms with Crippen LogP contribution in [0.15, 0.2) is 47.2 Å². The predicted octanol–water partition coefficient (Wildman–Crippen LogP) is 3.89. The van der Waals surface area contributed by atoms with Gasteiger partial charge in [-0.15, -0.1) is 11.3 Å². The molecule has 2 aliphatic heterocycles. The molecule has 6 rings (SSSR count). The van der Waals surface area contributed by atoms with Crippen LogP contribution in [0.3, 0.4) is 0 Å². The van der Waals surface area contributed by atoms with Gasteiger partial charge in [0.25, 0.3) is 0 Å². The van der Waals surface area contributed by atoms with Crippen LogP contribution in [-0.2, 0) is 17.9 Å². The number of carbonyl (C=O) groups excluding carboxylic acids is 1. The molecular formula is C26H28ClN7O2S. The lowest BCUT2D eigenvalue weighted by molar-refractivity contribution is -0.141. The fraction of sp³-hybridized carbons (Fsp3) is 0.385. The maximum absolute atomic E-state index is 13.5. The number of aromatic nitrogens is 3. The van der Waals surface area contributed by atoms with Crippen LogP contribution in [0.2, 0.25) is 4.34 Å². The maximum atomic E-state index is 13.5. The fourth-order valence-electron chi connectivity index (χ4n) is 5.30. The van der Waals surface area contributed by atoms with Crippen molar-refractivity contribution in [3.8, 4) is 10.6 Å². The molecule has 11 heteroatoms. The molecule has 192 valence electrons. The third-order valence-corrected chi connectivity index (χ3v) is 8.35. The van der Waals surface area contributed by atoms with Crippen molar-refractivity contribution in [2.75, 3.05) is 38.5 Å². The van der Waals surface area contributed by atoms with Crippen molar-refractivity contribution < 1.29 is 9.32 Å². The zero-order valence-electron chi connectivity index (χ0n) is 20.3. The van der Waals surface area contributed by atoms with E-state index in [9.17, 15) is 4.79 Å². The van der Waals surface area contributed by atoms with Crippen LogP contribution < -0.4 is 5.73 Å². The van der Waals surface area contributed by atoms with E-state index in [0.29, 0.717) is 35.5 Å². The fourth-order valence-corrected chi connectivity index (χ4v) is 6.29. The molecule has 4 aromatic rings. The van der Waals surface area contributed by atoms with E-state index in [4.69, 9.17) is 21.9 Å². The molecule has 5 heterocycles. The number of hydrogen-bond donors (Lipinski definition) is 1. The van der Waals surface area contributed by atoms with Crippen molar-refractivity contribution in [2.24, 2.45) is 0 Å². The lowest BCUT2D eigenvalue weighted by Crippen LogP contribution is -2.58. The first-order valence-corrected chi connectivity index (χ1v) is 13.7. The van der Waals surface area contributed by atoms with Crippen molar-refractivity contribution in [1.29, 1.82) is 0 Å². The number of amides is 1. The number of likely N-dealkylation sites (tertiary alicyclic amines) is 1. The number of piperazine rings is 1. The van der Waals surface area contributed by atoms with Gasteiger partial charge in [-0.3, -0.25) is 9.69 Å². The summed E-state index contributed by atoms with van der Waals surface area (Å²) in [5.74, 6) is 1.28. The first-order valence-electron chi connectivity index (χ1n) is 12.5. The second kappa shape index (κ2) is 10.4. The number of nitrogens with two attached hydrogens (primary N) is 1. The van der Waals surface area contributed by atoms with Gasteiger partial charge >= 0.3 is 0 Å². The number of nitrogen functional groups attached to an aromatic ring is 1. The molecular weight excluding hydrogens is 510 g/mol. The van der Waals surface area contributed by atoms with E-state index in [-0.39, 0.29) is 11.9 Å². The Morgan fingerprint density at radius 3 is 2.76 bits per heavy atom. The number of hydrogen-bond acceptors (Lipinski definition) is 9. The van der Waals surface area contributed by atoms with Crippen molar-refractivity contribution in [1.82, 2.24) is 29.8 Å². The Morgan fingerprint density at radius 1 is 1.08 bits per heavy atom. The number of carbonyl (C=O) groups is 1. The third-order valence-electron chi connectivity index (χ3n) is 7.10.